The minimum Gasteiger partial charge on any atom is -0.308 e. The van der Waals surface area contributed by atoms with Crippen LogP contribution in [0.2, 0.25) is 0 Å². The van der Waals surface area contributed by atoms with Crippen LogP contribution in [0.5, 0.6) is 0 Å². The molecule has 0 spiro atoms. The number of nitrogens with one attached hydrogen (secondary N) is 1. The summed E-state index contributed by atoms with van der Waals surface area (Å²) in [5, 5.41) is 0. The number of benzene rings is 2. The van der Waals surface area contributed by atoms with Crippen LogP contribution in [0.25, 0.3) is 0 Å². The van der Waals surface area contributed by atoms with Crippen molar-refractivity contribution in [2.24, 2.45) is 0 Å². The van der Waals surface area contributed by atoms with Gasteiger partial charge in [-0.25, -0.2) is 12.8 Å². The third-order valence-corrected chi connectivity index (χ3v) is 6.22. The lowest BCUT2D eigenvalue weighted by atomic mass is 10.1. The number of hydrogen-bond donors (Lipinski definition) is 1. The predicted octanol–water partition coefficient (Wildman–Crippen LogP) is 3.53. The molecule has 0 radical (unpaired) electrons. The molecule has 2 aromatic carbocycles. The highest BCUT2D eigenvalue weighted by molar-refractivity contribution is 7.92. The zero-order chi connectivity index (χ0) is 20.6. The first kappa shape index (κ1) is 19.1. The van der Waals surface area contributed by atoms with E-state index in [9.17, 15) is 17.6 Å². The number of rotatable bonds is 4. The second-order valence-electron chi connectivity index (χ2n) is 6.80. The number of fused-ring (bicyclic) bond motifs is 1. The summed E-state index contributed by atoms with van der Waals surface area (Å²) in [4.78, 5) is 18.3. The molecule has 0 bridgehead atoms. The van der Waals surface area contributed by atoms with Gasteiger partial charge in [-0.2, -0.15) is 0 Å². The Balaban J connectivity index is 1.63. The molecule has 1 N–H and O–H groups in total. The van der Waals surface area contributed by atoms with Gasteiger partial charge in [-0.05, 0) is 66.9 Å². The van der Waals surface area contributed by atoms with Gasteiger partial charge in [-0.1, -0.05) is 6.07 Å². The van der Waals surface area contributed by atoms with E-state index in [0.717, 1.165) is 11.6 Å². The van der Waals surface area contributed by atoms with Gasteiger partial charge in [0.1, 0.15) is 5.82 Å². The van der Waals surface area contributed by atoms with E-state index < -0.39 is 15.8 Å². The fourth-order valence-electron chi connectivity index (χ4n) is 3.30. The second kappa shape index (κ2) is 7.29. The highest BCUT2D eigenvalue weighted by Crippen LogP contribution is 2.32. The van der Waals surface area contributed by atoms with Crippen LogP contribution in [0.3, 0.4) is 0 Å². The highest BCUT2D eigenvalue weighted by Gasteiger charge is 2.26. The number of amides is 1. The molecule has 0 unspecified atom stereocenters. The highest BCUT2D eigenvalue weighted by atomic mass is 32.2. The lowest BCUT2D eigenvalue weighted by molar-refractivity contribution is 0.0989. The SMILES string of the molecule is Cc1cc(S(=O)(=O)Nc2ccc3c(c2)N(C(=O)c2ccncc2)CC3)ccc1F. The van der Waals surface area contributed by atoms with E-state index in [-0.39, 0.29) is 16.4 Å². The molecule has 8 heteroatoms. The Hall–Kier alpha value is -3.26. The topological polar surface area (TPSA) is 79.4 Å². The number of nitrogens with zero attached hydrogens (tertiary/aromatic N) is 2. The van der Waals surface area contributed by atoms with E-state index in [1.165, 1.54) is 19.1 Å². The molecule has 1 amide bonds. The van der Waals surface area contributed by atoms with E-state index >= 15 is 0 Å². The number of carbonyl (C=O) groups excluding carboxylic acids is 1. The number of pyridine rings is 1. The summed E-state index contributed by atoms with van der Waals surface area (Å²) in [6, 6.07) is 12.0. The Morgan fingerprint density at radius 3 is 2.59 bits per heavy atom. The molecule has 0 fully saturated rings. The lowest BCUT2D eigenvalue weighted by Gasteiger charge is -2.18. The summed E-state index contributed by atoms with van der Waals surface area (Å²) < 4.78 is 41.3. The molecule has 1 aliphatic rings. The lowest BCUT2D eigenvalue weighted by Crippen LogP contribution is -2.28. The molecule has 6 nitrogen and oxygen atoms in total. The summed E-state index contributed by atoms with van der Waals surface area (Å²) in [6.07, 6.45) is 3.80. The maximum Gasteiger partial charge on any atom is 0.261 e. The van der Waals surface area contributed by atoms with E-state index in [1.807, 2.05) is 6.07 Å². The number of hydrogen-bond acceptors (Lipinski definition) is 4. The number of halogens is 1. The average Bonchev–Trinajstić information content (AvgIpc) is 3.13. The number of aromatic nitrogens is 1. The third kappa shape index (κ3) is 3.71. The van der Waals surface area contributed by atoms with Crippen LogP contribution in [0.4, 0.5) is 15.8 Å². The molecule has 0 saturated carbocycles. The smallest absolute Gasteiger partial charge is 0.261 e. The summed E-state index contributed by atoms with van der Waals surface area (Å²) >= 11 is 0. The molecule has 0 atom stereocenters. The van der Waals surface area contributed by atoms with Gasteiger partial charge in [0.05, 0.1) is 10.6 Å². The van der Waals surface area contributed by atoms with Crippen LogP contribution in [-0.4, -0.2) is 25.9 Å². The van der Waals surface area contributed by atoms with Crippen LogP contribution in [-0.2, 0) is 16.4 Å². The molecule has 29 heavy (non-hydrogen) atoms. The van der Waals surface area contributed by atoms with Crippen LogP contribution < -0.4 is 9.62 Å². The van der Waals surface area contributed by atoms with Gasteiger partial charge in [0, 0.05) is 30.2 Å². The number of sulfonamides is 1. The monoisotopic (exact) mass is 411 g/mol. The summed E-state index contributed by atoms with van der Waals surface area (Å²) in [7, 11) is -3.89. The van der Waals surface area contributed by atoms with E-state index in [2.05, 4.69) is 9.71 Å². The second-order valence-corrected chi connectivity index (χ2v) is 8.49. The first-order valence-corrected chi connectivity index (χ1v) is 10.5. The van der Waals surface area contributed by atoms with Gasteiger partial charge >= 0.3 is 0 Å². The maximum absolute atomic E-state index is 13.5. The van der Waals surface area contributed by atoms with Crippen molar-refractivity contribution in [3.63, 3.8) is 0 Å². The van der Waals surface area contributed by atoms with Gasteiger partial charge in [0.25, 0.3) is 15.9 Å². The van der Waals surface area contributed by atoms with Gasteiger partial charge in [0.2, 0.25) is 0 Å². The minimum absolute atomic E-state index is 0.0263. The number of aryl methyl sites for hydroxylation is 1. The van der Waals surface area contributed by atoms with Gasteiger partial charge in [-0.3, -0.25) is 14.5 Å². The van der Waals surface area contributed by atoms with Crippen molar-refractivity contribution >= 4 is 27.3 Å². The molecule has 0 aliphatic carbocycles. The Bertz CT molecular complexity index is 1200. The van der Waals surface area contributed by atoms with Crippen molar-refractivity contribution in [2.45, 2.75) is 18.2 Å². The van der Waals surface area contributed by atoms with Crippen molar-refractivity contribution in [3.8, 4) is 0 Å². The van der Waals surface area contributed by atoms with Crippen LogP contribution in [0.15, 0.2) is 65.8 Å². The number of carbonyl (C=O) groups is 1. The Kier molecular flexibility index (Phi) is 4.79. The quantitative estimate of drug-likeness (QED) is 0.712. The molecule has 148 valence electrons. The fraction of sp³-hybridized carbons (Fsp3) is 0.143. The van der Waals surface area contributed by atoms with E-state index in [0.29, 0.717) is 29.9 Å². The van der Waals surface area contributed by atoms with Crippen LogP contribution >= 0.6 is 0 Å². The van der Waals surface area contributed by atoms with Crippen molar-refractivity contribution in [3.05, 3.63) is 83.4 Å². The molecule has 0 saturated heterocycles. The Morgan fingerprint density at radius 1 is 1.10 bits per heavy atom. The predicted molar refractivity (Wildman–Crippen MR) is 108 cm³/mol. The van der Waals surface area contributed by atoms with Crippen molar-refractivity contribution in [2.75, 3.05) is 16.2 Å². The van der Waals surface area contributed by atoms with E-state index in [4.69, 9.17) is 0 Å². The standard InChI is InChI=1S/C21H18FN3O3S/c1-14-12-18(4-5-19(14)22)29(27,28)24-17-3-2-15-8-11-25(20(15)13-17)21(26)16-6-9-23-10-7-16/h2-7,9-10,12-13,24H,8,11H2,1H3. The normalized spacial score (nSPS) is 13.2. The molecule has 1 aliphatic heterocycles. The van der Waals surface area contributed by atoms with Crippen molar-refractivity contribution in [1.82, 2.24) is 4.98 Å². The van der Waals surface area contributed by atoms with Crippen molar-refractivity contribution < 1.29 is 17.6 Å². The number of anilines is 2. The van der Waals surface area contributed by atoms with Gasteiger partial charge < -0.3 is 4.90 Å². The zero-order valence-corrected chi connectivity index (χ0v) is 16.4. The largest absolute Gasteiger partial charge is 0.308 e. The third-order valence-electron chi connectivity index (χ3n) is 4.85. The summed E-state index contributed by atoms with van der Waals surface area (Å²) in [5.74, 6) is -0.632. The average molecular weight is 411 g/mol. The Morgan fingerprint density at radius 2 is 1.86 bits per heavy atom. The summed E-state index contributed by atoms with van der Waals surface area (Å²) in [5.41, 5.74) is 2.73. The van der Waals surface area contributed by atoms with Gasteiger partial charge in [0.15, 0.2) is 0 Å². The molecular formula is C21H18FN3O3S. The molecular weight excluding hydrogens is 393 g/mol. The molecule has 2 heterocycles. The summed E-state index contributed by atoms with van der Waals surface area (Å²) in [6.45, 7) is 2.02. The van der Waals surface area contributed by atoms with Crippen LogP contribution in [0, 0.1) is 12.7 Å². The fourth-order valence-corrected chi connectivity index (χ4v) is 4.44. The zero-order valence-electron chi connectivity index (χ0n) is 15.6. The van der Waals surface area contributed by atoms with Crippen LogP contribution in [0.1, 0.15) is 21.5 Å². The van der Waals surface area contributed by atoms with E-state index in [1.54, 1.807) is 41.6 Å². The molecule has 1 aromatic heterocycles. The first-order valence-electron chi connectivity index (χ1n) is 8.99. The minimum atomic E-state index is -3.89. The first-order chi connectivity index (χ1) is 13.8. The molecule has 3 aromatic rings. The Labute approximate surface area is 168 Å². The van der Waals surface area contributed by atoms with Crippen molar-refractivity contribution in [1.29, 1.82) is 0 Å². The molecule has 4 rings (SSSR count). The maximum atomic E-state index is 13.5. The van der Waals surface area contributed by atoms with Gasteiger partial charge in [-0.15, -0.1) is 0 Å².